The molecule has 0 atom stereocenters. The molecule has 0 unspecified atom stereocenters. The van der Waals surface area contributed by atoms with Crippen molar-refractivity contribution >= 4 is 40.7 Å². The number of thioether (sulfide) groups is 1. The van der Waals surface area contributed by atoms with Gasteiger partial charge in [-0.05, 0) is 12.1 Å². The molecule has 1 amide bonds. The average Bonchev–Trinajstić information content (AvgIpc) is 3.00. The molecule has 0 aromatic carbocycles. The number of carbonyl (C=O) groups excluding carboxylic acids is 1. The van der Waals surface area contributed by atoms with Crippen molar-refractivity contribution in [3.8, 4) is 18.0 Å². The fourth-order valence-electron chi connectivity index (χ4n) is 2.00. The van der Waals surface area contributed by atoms with Crippen molar-refractivity contribution in [2.24, 2.45) is 0 Å². The van der Waals surface area contributed by atoms with E-state index in [2.05, 4.69) is 16.0 Å². The number of nitrogens with one attached hydrogen (secondary N) is 1. The van der Waals surface area contributed by atoms with E-state index >= 15 is 0 Å². The van der Waals surface area contributed by atoms with E-state index in [1.807, 2.05) is 0 Å². The number of amides is 1. The Bertz CT molecular complexity index is 863. The Balaban J connectivity index is 2.19. The second-order valence-corrected chi connectivity index (χ2v) is 6.49. The first kappa shape index (κ1) is 20.8. The van der Waals surface area contributed by atoms with Gasteiger partial charge in [-0.15, -0.1) is 18.2 Å². The number of anilines is 1. The normalized spacial score (nSPS) is 11.1. The van der Waals surface area contributed by atoms with Crippen molar-refractivity contribution in [1.29, 1.82) is 5.41 Å². The number of hydrogen-bond acceptors (Lipinski definition) is 5. The Labute approximate surface area is 162 Å². The molecule has 0 saturated carbocycles. The number of aromatic nitrogens is 3. The summed E-state index contributed by atoms with van der Waals surface area (Å²) >= 11 is 6.52. The van der Waals surface area contributed by atoms with Crippen LogP contribution in [0.1, 0.15) is 0 Å². The Morgan fingerprint density at radius 3 is 2.81 bits per heavy atom. The third-order valence-electron chi connectivity index (χ3n) is 3.12. The first-order chi connectivity index (χ1) is 12.7. The summed E-state index contributed by atoms with van der Waals surface area (Å²) in [4.78, 5) is 17.5. The quantitative estimate of drug-likeness (QED) is 0.556. The lowest BCUT2D eigenvalue weighted by molar-refractivity contribution is -0.112. The summed E-state index contributed by atoms with van der Waals surface area (Å²) in [5.41, 5.74) is 0.202. The Hall–Kier alpha value is -2.51. The molecule has 1 N–H and O–H groups in total. The van der Waals surface area contributed by atoms with Crippen LogP contribution in [0.5, 0.6) is 0 Å². The minimum atomic E-state index is -4.37. The molecule has 0 saturated heterocycles. The maximum atomic E-state index is 12.5. The molecule has 2 rings (SSSR count). The summed E-state index contributed by atoms with van der Waals surface area (Å²) in [5, 5.41) is 11.8. The lowest BCUT2D eigenvalue weighted by Crippen LogP contribution is -2.37. The van der Waals surface area contributed by atoms with E-state index in [1.165, 1.54) is 17.1 Å². The number of pyridine rings is 1. The van der Waals surface area contributed by atoms with E-state index in [0.717, 1.165) is 4.90 Å². The van der Waals surface area contributed by atoms with E-state index < -0.39 is 29.3 Å². The van der Waals surface area contributed by atoms with Crippen LogP contribution in [0.2, 0.25) is 5.15 Å². The average molecular weight is 416 g/mol. The van der Waals surface area contributed by atoms with Crippen LogP contribution in [0.4, 0.5) is 18.9 Å². The topological polar surface area (TPSA) is 74.9 Å². The SMILES string of the molecule is C#CCN(C(=O)C(=N)CSCC(F)(F)F)c1cn(-c2cccnc2)nc1Cl. The van der Waals surface area contributed by atoms with E-state index in [-0.39, 0.29) is 17.4 Å². The molecule has 0 bridgehead atoms. The Morgan fingerprint density at radius 2 is 2.22 bits per heavy atom. The van der Waals surface area contributed by atoms with Gasteiger partial charge in [0.05, 0.1) is 30.4 Å². The predicted octanol–water partition coefficient (Wildman–Crippen LogP) is 3.20. The molecule has 6 nitrogen and oxygen atoms in total. The summed E-state index contributed by atoms with van der Waals surface area (Å²) in [6.45, 7) is -0.219. The lowest BCUT2D eigenvalue weighted by atomic mass is 10.3. The highest BCUT2D eigenvalue weighted by atomic mass is 35.5. The van der Waals surface area contributed by atoms with Gasteiger partial charge in [0.1, 0.15) is 11.4 Å². The maximum Gasteiger partial charge on any atom is 0.397 e. The van der Waals surface area contributed by atoms with Gasteiger partial charge in [0.2, 0.25) is 0 Å². The summed E-state index contributed by atoms with van der Waals surface area (Å²) < 4.78 is 38.0. The van der Waals surface area contributed by atoms with Gasteiger partial charge in [0.15, 0.2) is 5.15 Å². The number of nitrogens with zero attached hydrogens (tertiary/aromatic N) is 4. The molecule has 142 valence electrons. The lowest BCUT2D eigenvalue weighted by Gasteiger charge is -2.19. The molecule has 2 heterocycles. The molecule has 2 aromatic heterocycles. The molecule has 0 aliphatic carbocycles. The summed E-state index contributed by atoms with van der Waals surface area (Å²) in [6.07, 6.45) is 5.44. The highest BCUT2D eigenvalue weighted by Crippen LogP contribution is 2.27. The van der Waals surface area contributed by atoms with Crippen molar-refractivity contribution in [2.75, 3.05) is 23.0 Å². The number of halogens is 4. The summed E-state index contributed by atoms with van der Waals surface area (Å²) in [7, 11) is 0. The number of terminal acetylenes is 1. The van der Waals surface area contributed by atoms with Gasteiger partial charge in [-0.3, -0.25) is 20.1 Å². The molecule has 0 fully saturated rings. The van der Waals surface area contributed by atoms with Gasteiger partial charge in [-0.2, -0.15) is 18.3 Å². The number of carbonyl (C=O) groups is 1. The Morgan fingerprint density at radius 1 is 1.48 bits per heavy atom. The van der Waals surface area contributed by atoms with Gasteiger partial charge in [-0.1, -0.05) is 17.5 Å². The highest BCUT2D eigenvalue weighted by Gasteiger charge is 2.29. The molecule has 0 aliphatic heterocycles. The second kappa shape index (κ2) is 8.92. The van der Waals surface area contributed by atoms with E-state index in [1.54, 1.807) is 18.3 Å². The van der Waals surface area contributed by atoms with Crippen LogP contribution in [0.25, 0.3) is 5.69 Å². The summed E-state index contributed by atoms with van der Waals surface area (Å²) in [5.74, 6) is -0.130. The fourth-order valence-corrected chi connectivity index (χ4v) is 2.89. The van der Waals surface area contributed by atoms with Crippen molar-refractivity contribution in [1.82, 2.24) is 14.8 Å². The molecule has 27 heavy (non-hydrogen) atoms. The number of hydrogen-bond donors (Lipinski definition) is 1. The summed E-state index contributed by atoms with van der Waals surface area (Å²) in [6, 6.07) is 3.39. The minimum Gasteiger partial charge on any atom is -0.299 e. The number of rotatable bonds is 7. The van der Waals surface area contributed by atoms with Crippen molar-refractivity contribution < 1.29 is 18.0 Å². The predicted molar refractivity (Wildman–Crippen MR) is 98.7 cm³/mol. The largest absolute Gasteiger partial charge is 0.397 e. The van der Waals surface area contributed by atoms with Crippen molar-refractivity contribution in [2.45, 2.75) is 6.18 Å². The first-order valence-corrected chi connectivity index (χ1v) is 8.89. The van der Waals surface area contributed by atoms with Crippen LogP contribution in [0, 0.1) is 17.8 Å². The van der Waals surface area contributed by atoms with Crippen molar-refractivity contribution in [3.05, 3.63) is 35.9 Å². The molecule has 11 heteroatoms. The molecular formula is C16H13ClF3N5OS. The Kier molecular flexibility index (Phi) is 6.87. The van der Waals surface area contributed by atoms with Gasteiger partial charge < -0.3 is 0 Å². The van der Waals surface area contributed by atoms with Crippen LogP contribution >= 0.6 is 23.4 Å². The highest BCUT2D eigenvalue weighted by molar-refractivity contribution is 8.00. The van der Waals surface area contributed by atoms with Gasteiger partial charge in [0, 0.05) is 11.9 Å². The fraction of sp³-hybridized carbons (Fsp3) is 0.250. The molecule has 0 spiro atoms. The zero-order valence-corrected chi connectivity index (χ0v) is 15.3. The van der Waals surface area contributed by atoms with Gasteiger partial charge in [-0.25, -0.2) is 4.68 Å². The van der Waals surface area contributed by atoms with Gasteiger partial charge in [0.25, 0.3) is 5.91 Å². The van der Waals surface area contributed by atoms with E-state index in [4.69, 9.17) is 23.4 Å². The van der Waals surface area contributed by atoms with E-state index in [0.29, 0.717) is 17.4 Å². The molecule has 0 radical (unpaired) electrons. The van der Waals surface area contributed by atoms with Crippen LogP contribution in [0.3, 0.4) is 0 Å². The van der Waals surface area contributed by atoms with Crippen molar-refractivity contribution in [3.63, 3.8) is 0 Å². The molecule has 0 aliphatic rings. The first-order valence-electron chi connectivity index (χ1n) is 7.35. The monoisotopic (exact) mass is 415 g/mol. The molecule has 2 aromatic rings. The second-order valence-electron chi connectivity index (χ2n) is 5.14. The van der Waals surface area contributed by atoms with Crippen LogP contribution in [0.15, 0.2) is 30.7 Å². The van der Waals surface area contributed by atoms with Crippen LogP contribution in [-0.2, 0) is 4.79 Å². The smallest absolute Gasteiger partial charge is 0.299 e. The van der Waals surface area contributed by atoms with Gasteiger partial charge >= 0.3 is 6.18 Å². The van der Waals surface area contributed by atoms with Crippen LogP contribution < -0.4 is 4.90 Å². The standard InChI is InChI=1S/C16H13ClF3N5OS/c1-2-6-24(15(26)12(21)9-27-10-16(18,19)20)13-8-25(23-14(13)17)11-4-3-5-22-7-11/h1,3-5,7-8,21H,6,9-10H2. The molecular weight excluding hydrogens is 403 g/mol. The minimum absolute atomic E-state index is 0.0433. The van der Waals surface area contributed by atoms with E-state index in [9.17, 15) is 18.0 Å². The zero-order valence-electron chi connectivity index (χ0n) is 13.7. The van der Waals surface area contributed by atoms with Crippen LogP contribution in [-0.4, -0.2) is 50.6 Å². The number of alkyl halides is 3. The third-order valence-corrected chi connectivity index (χ3v) is 4.41. The zero-order chi connectivity index (χ0) is 20.0. The third kappa shape index (κ3) is 5.74. The maximum absolute atomic E-state index is 12.5.